The lowest BCUT2D eigenvalue weighted by atomic mass is 9.82. The van der Waals surface area contributed by atoms with Crippen molar-refractivity contribution in [2.45, 2.75) is 52.4 Å². The number of fused-ring (bicyclic) bond motifs is 2. The summed E-state index contributed by atoms with van der Waals surface area (Å²) in [6.45, 7) is 13.6. The molecule has 3 nitrogen and oxygen atoms in total. The molecule has 0 amide bonds. The van der Waals surface area contributed by atoms with Crippen molar-refractivity contribution in [1.82, 2.24) is 9.97 Å². The monoisotopic (exact) mass is 462 g/mol. The summed E-state index contributed by atoms with van der Waals surface area (Å²) in [5, 5.41) is 5.03. The number of methoxy groups -OCH3 is 1. The Morgan fingerprint density at radius 3 is 1.77 bits per heavy atom. The quantitative estimate of drug-likeness (QED) is 0.272. The summed E-state index contributed by atoms with van der Waals surface area (Å²) >= 11 is 0. The molecule has 0 fully saturated rings. The zero-order valence-electron chi connectivity index (χ0n) is 21.8. The SMILES string of the molecule is COc1ccnc(-c2ccc(-c3c4cc(C(C)(C)C)ccc4cc4ccc(C(C)(C)C)cc34)[nH]2)c1. The van der Waals surface area contributed by atoms with Gasteiger partial charge in [0.1, 0.15) is 5.75 Å². The van der Waals surface area contributed by atoms with Crippen molar-refractivity contribution < 1.29 is 4.74 Å². The van der Waals surface area contributed by atoms with E-state index in [1.807, 2.05) is 12.1 Å². The number of H-pyrrole nitrogens is 1. The maximum atomic E-state index is 5.42. The van der Waals surface area contributed by atoms with Crippen LogP contribution in [0.2, 0.25) is 0 Å². The van der Waals surface area contributed by atoms with Gasteiger partial charge in [-0.05, 0) is 79.9 Å². The molecule has 178 valence electrons. The van der Waals surface area contributed by atoms with Crippen molar-refractivity contribution in [2.24, 2.45) is 0 Å². The summed E-state index contributed by atoms with van der Waals surface area (Å²) in [6.07, 6.45) is 1.78. The van der Waals surface area contributed by atoms with Crippen LogP contribution in [0.1, 0.15) is 52.7 Å². The second-order valence-corrected chi connectivity index (χ2v) is 11.5. The van der Waals surface area contributed by atoms with Gasteiger partial charge in [-0.25, -0.2) is 0 Å². The molecule has 0 saturated heterocycles. The second-order valence-electron chi connectivity index (χ2n) is 11.5. The van der Waals surface area contributed by atoms with Crippen LogP contribution in [0.3, 0.4) is 0 Å². The third-order valence-electron chi connectivity index (χ3n) is 6.89. The molecule has 0 atom stereocenters. The molecule has 0 saturated carbocycles. The first kappa shape index (κ1) is 23.2. The number of nitrogens with one attached hydrogen (secondary N) is 1. The zero-order chi connectivity index (χ0) is 25.0. The molecule has 0 spiro atoms. The molecule has 2 heterocycles. The van der Waals surface area contributed by atoms with Crippen molar-refractivity contribution in [1.29, 1.82) is 0 Å². The predicted octanol–water partition coefficient (Wildman–Crippen LogP) is 8.65. The minimum Gasteiger partial charge on any atom is -0.497 e. The molecule has 0 bridgehead atoms. The molecule has 5 rings (SSSR count). The van der Waals surface area contributed by atoms with Crippen LogP contribution in [0, 0.1) is 0 Å². The third kappa shape index (κ3) is 4.32. The van der Waals surface area contributed by atoms with Gasteiger partial charge in [-0.1, -0.05) is 65.8 Å². The highest BCUT2D eigenvalue weighted by Gasteiger charge is 2.20. The molecule has 3 heteroatoms. The lowest BCUT2D eigenvalue weighted by Gasteiger charge is -2.22. The van der Waals surface area contributed by atoms with E-state index in [1.54, 1.807) is 13.3 Å². The first-order valence-corrected chi connectivity index (χ1v) is 12.3. The summed E-state index contributed by atoms with van der Waals surface area (Å²) in [5.74, 6) is 0.798. The Labute approximate surface area is 208 Å². The van der Waals surface area contributed by atoms with Gasteiger partial charge in [-0.3, -0.25) is 4.98 Å². The summed E-state index contributed by atoms with van der Waals surface area (Å²) in [5.41, 5.74) is 6.98. The van der Waals surface area contributed by atoms with E-state index in [9.17, 15) is 0 Å². The maximum Gasteiger partial charge on any atom is 0.122 e. The van der Waals surface area contributed by atoms with Crippen LogP contribution in [-0.4, -0.2) is 17.1 Å². The van der Waals surface area contributed by atoms with E-state index in [0.717, 1.165) is 22.8 Å². The predicted molar refractivity (Wildman–Crippen MR) is 148 cm³/mol. The topological polar surface area (TPSA) is 37.9 Å². The first-order chi connectivity index (χ1) is 16.5. The van der Waals surface area contributed by atoms with Gasteiger partial charge in [0, 0.05) is 23.5 Å². The number of hydrogen-bond donors (Lipinski definition) is 1. The van der Waals surface area contributed by atoms with E-state index in [1.165, 1.54) is 38.2 Å². The number of aromatic nitrogens is 2. The van der Waals surface area contributed by atoms with Gasteiger partial charge in [0.05, 0.1) is 18.5 Å². The molecule has 0 aliphatic rings. The maximum absolute atomic E-state index is 5.42. The average molecular weight is 463 g/mol. The van der Waals surface area contributed by atoms with Crippen molar-refractivity contribution in [3.63, 3.8) is 0 Å². The Kier molecular flexibility index (Phi) is 5.47. The highest BCUT2D eigenvalue weighted by atomic mass is 16.5. The number of benzene rings is 3. The van der Waals surface area contributed by atoms with Crippen LogP contribution < -0.4 is 4.74 Å². The summed E-state index contributed by atoms with van der Waals surface area (Å²) in [4.78, 5) is 8.25. The first-order valence-electron chi connectivity index (χ1n) is 12.3. The molecule has 0 radical (unpaired) electrons. The van der Waals surface area contributed by atoms with Gasteiger partial charge in [0.25, 0.3) is 0 Å². The van der Waals surface area contributed by atoms with Gasteiger partial charge >= 0.3 is 0 Å². The van der Waals surface area contributed by atoms with E-state index >= 15 is 0 Å². The fourth-order valence-corrected chi connectivity index (χ4v) is 4.71. The Hall–Kier alpha value is -3.59. The third-order valence-corrected chi connectivity index (χ3v) is 6.89. The Morgan fingerprint density at radius 2 is 1.23 bits per heavy atom. The molecule has 0 aliphatic heterocycles. The molecule has 35 heavy (non-hydrogen) atoms. The highest BCUT2D eigenvalue weighted by Crippen LogP contribution is 2.40. The molecule has 0 aliphatic carbocycles. The number of rotatable bonds is 3. The van der Waals surface area contributed by atoms with Gasteiger partial charge in [0.15, 0.2) is 0 Å². The Balaban J connectivity index is 1.81. The van der Waals surface area contributed by atoms with Crippen LogP contribution in [0.5, 0.6) is 5.75 Å². The van der Waals surface area contributed by atoms with Crippen molar-refractivity contribution in [2.75, 3.05) is 7.11 Å². The van der Waals surface area contributed by atoms with Crippen LogP contribution in [0.15, 0.2) is 72.9 Å². The van der Waals surface area contributed by atoms with Crippen LogP contribution in [0.25, 0.3) is 44.2 Å². The van der Waals surface area contributed by atoms with Gasteiger partial charge in [-0.15, -0.1) is 0 Å². The lowest BCUT2D eigenvalue weighted by molar-refractivity contribution is 0.414. The Bertz CT molecular complexity index is 1470. The van der Waals surface area contributed by atoms with Gasteiger partial charge < -0.3 is 9.72 Å². The van der Waals surface area contributed by atoms with Crippen molar-refractivity contribution >= 4 is 21.5 Å². The van der Waals surface area contributed by atoms with Crippen LogP contribution in [-0.2, 0) is 10.8 Å². The lowest BCUT2D eigenvalue weighted by Crippen LogP contribution is -2.11. The van der Waals surface area contributed by atoms with Gasteiger partial charge in [0.2, 0.25) is 0 Å². The highest BCUT2D eigenvalue weighted by molar-refractivity contribution is 6.12. The summed E-state index contributed by atoms with van der Waals surface area (Å²) in [7, 11) is 1.68. The van der Waals surface area contributed by atoms with E-state index in [0.29, 0.717) is 0 Å². The second kappa shape index (κ2) is 8.27. The van der Waals surface area contributed by atoms with Crippen LogP contribution >= 0.6 is 0 Å². The normalized spacial score (nSPS) is 12.4. The number of nitrogens with zero attached hydrogens (tertiary/aromatic N) is 1. The standard InChI is InChI=1S/C32H34N2O/c1-31(2,3)22-10-8-20-16-21-9-11-23(32(4,5)6)18-26(21)30(25(20)17-22)28-13-12-27(34-28)29-19-24(35-7)14-15-33-29/h8-19,34H,1-7H3. The molecule has 2 aromatic heterocycles. The largest absolute Gasteiger partial charge is 0.497 e. The molecule has 5 aromatic rings. The number of ether oxygens (including phenoxy) is 1. The number of hydrogen-bond acceptors (Lipinski definition) is 2. The fraction of sp³-hybridized carbons (Fsp3) is 0.281. The van der Waals surface area contributed by atoms with Crippen molar-refractivity contribution in [3.05, 3.63) is 84.1 Å². The van der Waals surface area contributed by atoms with E-state index < -0.39 is 0 Å². The van der Waals surface area contributed by atoms with Crippen LogP contribution in [0.4, 0.5) is 0 Å². The minimum atomic E-state index is 0.0685. The molecule has 3 aromatic carbocycles. The molecular formula is C32H34N2O. The van der Waals surface area contributed by atoms with Crippen molar-refractivity contribution in [3.8, 4) is 28.4 Å². The van der Waals surface area contributed by atoms with E-state index in [-0.39, 0.29) is 10.8 Å². The van der Waals surface area contributed by atoms with Gasteiger partial charge in [-0.2, -0.15) is 0 Å². The zero-order valence-corrected chi connectivity index (χ0v) is 21.8. The average Bonchev–Trinajstić information content (AvgIpc) is 3.30. The Morgan fingerprint density at radius 1 is 0.657 bits per heavy atom. The number of aromatic amines is 1. The molecule has 0 unspecified atom stereocenters. The fourth-order valence-electron chi connectivity index (χ4n) is 4.71. The van der Waals surface area contributed by atoms with E-state index in [4.69, 9.17) is 4.74 Å². The summed E-state index contributed by atoms with van der Waals surface area (Å²) in [6, 6.07) is 24.3. The minimum absolute atomic E-state index is 0.0685. The molecular weight excluding hydrogens is 428 g/mol. The van der Waals surface area contributed by atoms with E-state index in [2.05, 4.69) is 106 Å². The summed E-state index contributed by atoms with van der Waals surface area (Å²) < 4.78 is 5.42. The smallest absolute Gasteiger partial charge is 0.122 e. The number of pyridine rings is 1. The molecule has 1 N–H and O–H groups in total.